The van der Waals surface area contributed by atoms with E-state index in [1.54, 1.807) is 25.3 Å². The minimum atomic E-state index is -0.391. The molecule has 6 heteroatoms. The third kappa shape index (κ3) is 4.97. The fourth-order valence-corrected chi connectivity index (χ4v) is 2.30. The molecular formula is C20H17ClN2O3. The number of hydrogen-bond donors (Lipinski definition) is 1. The molecule has 1 aromatic heterocycles. The van der Waals surface area contributed by atoms with Gasteiger partial charge in [-0.3, -0.25) is 4.79 Å². The predicted octanol–water partition coefficient (Wildman–Crippen LogP) is 4.58. The number of nitrogens with one attached hydrogen (secondary N) is 1. The second-order valence-corrected chi connectivity index (χ2v) is 6.03. The molecule has 0 aliphatic rings. The maximum absolute atomic E-state index is 11.8. The Morgan fingerprint density at radius 2 is 1.85 bits per heavy atom. The van der Waals surface area contributed by atoms with E-state index in [0.717, 1.165) is 16.9 Å². The molecule has 0 unspecified atom stereocenters. The van der Waals surface area contributed by atoms with Crippen molar-refractivity contribution in [1.82, 2.24) is 5.43 Å². The van der Waals surface area contributed by atoms with Crippen LogP contribution >= 0.6 is 11.6 Å². The molecule has 0 fully saturated rings. The summed E-state index contributed by atoms with van der Waals surface area (Å²) in [6.07, 6.45) is 1.55. The van der Waals surface area contributed by atoms with Crippen LogP contribution in [-0.4, -0.2) is 12.1 Å². The first-order valence-electron chi connectivity index (χ1n) is 7.97. The number of aryl methyl sites for hydroxylation is 1. The van der Waals surface area contributed by atoms with Crippen LogP contribution in [0.2, 0.25) is 5.02 Å². The van der Waals surface area contributed by atoms with Gasteiger partial charge in [0.25, 0.3) is 0 Å². The summed E-state index contributed by atoms with van der Waals surface area (Å²) in [7, 11) is 0. The summed E-state index contributed by atoms with van der Waals surface area (Å²) >= 11 is 5.86. The molecule has 3 aromatic rings. The fourth-order valence-electron chi connectivity index (χ4n) is 2.17. The highest BCUT2D eigenvalue weighted by atomic mass is 35.5. The summed E-state index contributed by atoms with van der Waals surface area (Å²) in [5, 5.41) is 4.62. The van der Waals surface area contributed by atoms with Gasteiger partial charge >= 0.3 is 5.91 Å². The SMILES string of the molecule is Cc1ccc(C(=O)N/N=C\c2ccc(OCc3ccc(Cl)cc3)cc2)o1. The van der Waals surface area contributed by atoms with E-state index in [0.29, 0.717) is 17.4 Å². The lowest BCUT2D eigenvalue weighted by molar-refractivity contribution is 0.0926. The van der Waals surface area contributed by atoms with Gasteiger partial charge in [0.1, 0.15) is 18.1 Å². The number of carbonyl (C=O) groups is 1. The molecule has 0 saturated carbocycles. The van der Waals surface area contributed by atoms with E-state index < -0.39 is 5.91 Å². The Morgan fingerprint density at radius 1 is 1.12 bits per heavy atom. The molecule has 0 aliphatic heterocycles. The number of ether oxygens (including phenoxy) is 1. The topological polar surface area (TPSA) is 63.8 Å². The van der Waals surface area contributed by atoms with E-state index >= 15 is 0 Å². The zero-order chi connectivity index (χ0) is 18.4. The number of hydrogen-bond acceptors (Lipinski definition) is 4. The van der Waals surface area contributed by atoms with Gasteiger partial charge in [-0.05, 0) is 66.6 Å². The molecule has 132 valence electrons. The second kappa shape index (κ2) is 8.36. The van der Waals surface area contributed by atoms with E-state index in [1.165, 1.54) is 0 Å². The Kier molecular flexibility index (Phi) is 5.71. The molecule has 0 spiro atoms. The molecule has 3 rings (SSSR count). The van der Waals surface area contributed by atoms with Crippen molar-refractivity contribution in [1.29, 1.82) is 0 Å². The number of halogens is 1. The monoisotopic (exact) mass is 368 g/mol. The maximum atomic E-state index is 11.8. The molecule has 0 bridgehead atoms. The number of hydrazone groups is 1. The van der Waals surface area contributed by atoms with E-state index in [9.17, 15) is 4.79 Å². The second-order valence-electron chi connectivity index (χ2n) is 5.59. The van der Waals surface area contributed by atoms with Crippen LogP contribution in [0.5, 0.6) is 5.75 Å². The summed E-state index contributed by atoms with van der Waals surface area (Å²) < 4.78 is 10.9. The average molecular weight is 369 g/mol. The number of amides is 1. The highest BCUT2D eigenvalue weighted by Crippen LogP contribution is 2.15. The molecule has 5 nitrogen and oxygen atoms in total. The van der Waals surface area contributed by atoms with Crippen LogP contribution in [0, 0.1) is 6.92 Å². The molecule has 0 saturated heterocycles. The van der Waals surface area contributed by atoms with Crippen LogP contribution < -0.4 is 10.2 Å². The Morgan fingerprint density at radius 3 is 2.50 bits per heavy atom. The maximum Gasteiger partial charge on any atom is 0.307 e. The molecule has 0 radical (unpaired) electrons. The van der Waals surface area contributed by atoms with E-state index in [2.05, 4.69) is 10.5 Å². The summed E-state index contributed by atoms with van der Waals surface area (Å²) in [6, 6.07) is 18.2. The number of furan rings is 1. The van der Waals surface area contributed by atoms with Crippen LogP contribution in [0.15, 0.2) is 70.2 Å². The minimum absolute atomic E-state index is 0.227. The van der Waals surface area contributed by atoms with Crippen LogP contribution in [0.4, 0.5) is 0 Å². The van der Waals surface area contributed by atoms with Crippen LogP contribution in [-0.2, 0) is 6.61 Å². The Hall–Kier alpha value is -3.05. The van der Waals surface area contributed by atoms with Gasteiger partial charge in [0, 0.05) is 5.02 Å². The third-order valence-electron chi connectivity index (χ3n) is 3.54. The highest BCUT2D eigenvalue weighted by molar-refractivity contribution is 6.30. The number of carbonyl (C=O) groups excluding carboxylic acids is 1. The smallest absolute Gasteiger partial charge is 0.307 e. The lowest BCUT2D eigenvalue weighted by Crippen LogP contribution is -2.16. The number of nitrogens with zero attached hydrogens (tertiary/aromatic N) is 1. The lowest BCUT2D eigenvalue weighted by atomic mass is 10.2. The highest BCUT2D eigenvalue weighted by Gasteiger charge is 2.07. The first-order chi connectivity index (χ1) is 12.6. The van der Waals surface area contributed by atoms with Crippen molar-refractivity contribution < 1.29 is 13.9 Å². The van der Waals surface area contributed by atoms with Gasteiger partial charge in [-0.15, -0.1) is 0 Å². The lowest BCUT2D eigenvalue weighted by Gasteiger charge is -2.06. The Balaban J connectivity index is 1.50. The summed E-state index contributed by atoms with van der Waals surface area (Å²) in [5.41, 5.74) is 4.29. The molecule has 0 atom stereocenters. The van der Waals surface area contributed by atoms with Gasteiger partial charge in [0.05, 0.1) is 6.21 Å². The molecule has 1 amide bonds. The summed E-state index contributed by atoms with van der Waals surface area (Å²) in [6.45, 7) is 2.24. The minimum Gasteiger partial charge on any atom is -0.489 e. The number of rotatable bonds is 6. The first kappa shape index (κ1) is 17.8. The van der Waals surface area contributed by atoms with E-state index in [-0.39, 0.29) is 5.76 Å². The largest absolute Gasteiger partial charge is 0.489 e. The molecule has 26 heavy (non-hydrogen) atoms. The quantitative estimate of drug-likeness (QED) is 0.511. The van der Waals surface area contributed by atoms with Crippen molar-refractivity contribution in [3.8, 4) is 5.75 Å². The van der Waals surface area contributed by atoms with E-state index in [4.69, 9.17) is 20.8 Å². The predicted molar refractivity (Wildman–Crippen MR) is 101 cm³/mol. The van der Waals surface area contributed by atoms with Crippen molar-refractivity contribution in [3.63, 3.8) is 0 Å². The van der Waals surface area contributed by atoms with Gasteiger partial charge in [-0.25, -0.2) is 5.43 Å². The van der Waals surface area contributed by atoms with Crippen LogP contribution in [0.3, 0.4) is 0 Å². The normalized spacial score (nSPS) is 10.8. The Bertz CT molecular complexity index is 900. The molecule has 0 aliphatic carbocycles. The summed E-state index contributed by atoms with van der Waals surface area (Å²) in [5.74, 6) is 1.25. The standard InChI is InChI=1S/C20H17ClN2O3/c1-14-2-11-19(26-14)20(24)23-22-12-15-5-9-18(10-6-15)25-13-16-3-7-17(21)8-4-16/h2-12H,13H2,1H3,(H,23,24)/b22-12-. The molecular weight excluding hydrogens is 352 g/mol. The van der Waals surface area contributed by atoms with Crippen molar-refractivity contribution in [2.45, 2.75) is 13.5 Å². The summed E-state index contributed by atoms with van der Waals surface area (Å²) in [4.78, 5) is 11.8. The van der Waals surface area contributed by atoms with Crippen molar-refractivity contribution >= 4 is 23.7 Å². The van der Waals surface area contributed by atoms with Crippen molar-refractivity contribution in [2.75, 3.05) is 0 Å². The third-order valence-corrected chi connectivity index (χ3v) is 3.79. The molecule has 1 N–H and O–H groups in total. The number of benzene rings is 2. The van der Waals surface area contributed by atoms with Crippen LogP contribution in [0.1, 0.15) is 27.4 Å². The fraction of sp³-hybridized carbons (Fsp3) is 0.100. The van der Waals surface area contributed by atoms with Crippen molar-refractivity contribution in [2.24, 2.45) is 5.10 Å². The van der Waals surface area contributed by atoms with Gasteiger partial charge in [0.2, 0.25) is 0 Å². The Labute approximate surface area is 156 Å². The zero-order valence-corrected chi connectivity index (χ0v) is 14.9. The zero-order valence-electron chi connectivity index (χ0n) is 14.1. The van der Waals surface area contributed by atoms with Gasteiger partial charge in [-0.1, -0.05) is 23.7 Å². The van der Waals surface area contributed by atoms with Gasteiger partial charge < -0.3 is 9.15 Å². The van der Waals surface area contributed by atoms with E-state index in [1.807, 2.05) is 48.5 Å². The average Bonchev–Trinajstić information content (AvgIpc) is 3.09. The first-order valence-corrected chi connectivity index (χ1v) is 8.35. The van der Waals surface area contributed by atoms with Crippen molar-refractivity contribution in [3.05, 3.63) is 88.3 Å². The van der Waals surface area contributed by atoms with Gasteiger partial charge in [-0.2, -0.15) is 5.10 Å². The molecule has 2 aromatic carbocycles. The van der Waals surface area contributed by atoms with Crippen LogP contribution in [0.25, 0.3) is 0 Å². The van der Waals surface area contributed by atoms with Gasteiger partial charge in [0.15, 0.2) is 5.76 Å². The molecule has 1 heterocycles.